The first-order valence-corrected chi connectivity index (χ1v) is 5.99. The Morgan fingerprint density at radius 1 is 1.06 bits per heavy atom. The lowest BCUT2D eigenvalue weighted by molar-refractivity contribution is 0.119. The maximum atomic E-state index is 5.58. The molecule has 0 amide bonds. The highest BCUT2D eigenvalue weighted by molar-refractivity contribution is 5.13. The molecule has 1 radical (unpaired) electrons. The number of benzene rings is 1. The van der Waals surface area contributed by atoms with E-state index in [-0.39, 0.29) is 0 Å². The first-order valence-electron chi connectivity index (χ1n) is 5.99. The lowest BCUT2D eigenvalue weighted by Gasteiger charge is -2.02. The predicted octanol–water partition coefficient (Wildman–Crippen LogP) is 4.15. The third-order valence-corrected chi connectivity index (χ3v) is 2.31. The van der Waals surface area contributed by atoms with Gasteiger partial charge in [0.2, 0.25) is 0 Å². The summed E-state index contributed by atoms with van der Waals surface area (Å²) in [4.78, 5) is 0. The van der Waals surface area contributed by atoms with Crippen LogP contribution in [0.5, 0.6) is 0 Å². The highest BCUT2D eigenvalue weighted by atomic mass is 16.5. The van der Waals surface area contributed by atoms with Crippen molar-refractivity contribution in [3.05, 3.63) is 55.0 Å². The minimum atomic E-state index is 0.726. The van der Waals surface area contributed by atoms with Crippen LogP contribution in [0.15, 0.2) is 42.5 Å². The molecule has 0 N–H and O–H groups in total. The maximum absolute atomic E-state index is 5.58. The van der Waals surface area contributed by atoms with E-state index in [4.69, 9.17) is 4.74 Å². The van der Waals surface area contributed by atoms with Gasteiger partial charge in [-0.2, -0.15) is 0 Å². The number of unbranched alkanes of at least 4 members (excludes halogenated alkanes) is 2. The first-order chi connectivity index (χ1) is 7.93. The van der Waals surface area contributed by atoms with Gasteiger partial charge in [-0.05, 0) is 31.2 Å². The van der Waals surface area contributed by atoms with Crippen LogP contribution < -0.4 is 0 Å². The summed E-state index contributed by atoms with van der Waals surface area (Å²) in [5.41, 5.74) is 1.25. The molecular formula is C15H21O. The summed E-state index contributed by atoms with van der Waals surface area (Å²) in [5.74, 6) is 0. The number of rotatable bonds is 8. The Morgan fingerprint density at radius 3 is 2.56 bits per heavy atom. The highest BCUT2D eigenvalue weighted by Gasteiger charge is 1.90. The van der Waals surface area contributed by atoms with Crippen LogP contribution in [0.1, 0.15) is 31.2 Å². The molecule has 0 aliphatic carbocycles. The molecule has 1 rings (SSSR count). The van der Waals surface area contributed by atoms with Crippen LogP contribution in [0.3, 0.4) is 0 Å². The van der Waals surface area contributed by atoms with Crippen molar-refractivity contribution in [2.45, 2.75) is 32.3 Å². The molecular weight excluding hydrogens is 196 g/mol. The van der Waals surface area contributed by atoms with Crippen molar-refractivity contribution in [3.63, 3.8) is 0 Å². The molecule has 0 aromatic heterocycles. The largest absolute Gasteiger partial charge is 0.377 e. The fourth-order valence-corrected chi connectivity index (χ4v) is 1.42. The molecule has 1 nitrogen and oxygen atoms in total. The Morgan fingerprint density at radius 2 is 1.81 bits per heavy atom. The van der Waals surface area contributed by atoms with Crippen molar-refractivity contribution >= 4 is 0 Å². The van der Waals surface area contributed by atoms with E-state index in [1.54, 1.807) is 0 Å². The average molecular weight is 217 g/mol. The van der Waals surface area contributed by atoms with Crippen LogP contribution in [0.25, 0.3) is 0 Å². The van der Waals surface area contributed by atoms with Gasteiger partial charge in [0.25, 0.3) is 0 Å². The molecule has 0 aliphatic rings. The van der Waals surface area contributed by atoms with Crippen LogP contribution in [-0.2, 0) is 11.3 Å². The maximum Gasteiger partial charge on any atom is 0.0716 e. The van der Waals surface area contributed by atoms with Crippen molar-refractivity contribution in [1.29, 1.82) is 0 Å². The quantitative estimate of drug-likeness (QED) is 0.469. The standard InChI is InChI=1S/C15H21O/c1-2-3-4-5-6-10-13-16-14-15-11-8-7-9-12-15/h4-5,7-9,11-12H,1-3,6,10,13-14H2. The number of allylic oxidation sites excluding steroid dienone is 2. The van der Waals surface area contributed by atoms with E-state index < -0.39 is 0 Å². The molecule has 1 heteroatoms. The van der Waals surface area contributed by atoms with Gasteiger partial charge in [0, 0.05) is 6.61 Å². The predicted molar refractivity (Wildman–Crippen MR) is 69.1 cm³/mol. The van der Waals surface area contributed by atoms with Crippen molar-refractivity contribution in [2.75, 3.05) is 6.61 Å². The second-order valence-electron chi connectivity index (χ2n) is 3.79. The van der Waals surface area contributed by atoms with Crippen molar-refractivity contribution in [2.24, 2.45) is 0 Å². The average Bonchev–Trinajstić information content (AvgIpc) is 2.34. The van der Waals surface area contributed by atoms with E-state index >= 15 is 0 Å². The van der Waals surface area contributed by atoms with E-state index in [1.165, 1.54) is 5.56 Å². The van der Waals surface area contributed by atoms with Gasteiger partial charge in [-0.3, -0.25) is 0 Å². The molecule has 1 aromatic carbocycles. The van der Waals surface area contributed by atoms with Gasteiger partial charge < -0.3 is 4.74 Å². The van der Waals surface area contributed by atoms with Crippen LogP contribution >= 0.6 is 0 Å². The molecule has 0 atom stereocenters. The Bertz CT molecular complexity index is 277. The molecule has 0 fully saturated rings. The Kier molecular flexibility index (Phi) is 7.44. The Labute approximate surface area is 99.1 Å². The zero-order valence-corrected chi connectivity index (χ0v) is 9.90. The fourth-order valence-electron chi connectivity index (χ4n) is 1.42. The van der Waals surface area contributed by atoms with E-state index in [1.807, 2.05) is 18.2 Å². The summed E-state index contributed by atoms with van der Waals surface area (Å²) in [7, 11) is 0. The molecule has 1 aromatic rings. The second kappa shape index (κ2) is 9.17. The van der Waals surface area contributed by atoms with E-state index in [0.29, 0.717) is 0 Å². The summed E-state index contributed by atoms with van der Waals surface area (Å²) < 4.78 is 5.58. The Balaban J connectivity index is 1.96. The van der Waals surface area contributed by atoms with Gasteiger partial charge in [0.05, 0.1) is 6.61 Å². The third-order valence-electron chi connectivity index (χ3n) is 2.31. The van der Waals surface area contributed by atoms with E-state index in [2.05, 4.69) is 31.2 Å². The zero-order chi connectivity index (χ0) is 11.5. The lowest BCUT2D eigenvalue weighted by atomic mass is 10.2. The van der Waals surface area contributed by atoms with Crippen molar-refractivity contribution in [3.8, 4) is 0 Å². The lowest BCUT2D eigenvalue weighted by Crippen LogP contribution is -1.94. The topological polar surface area (TPSA) is 9.23 Å². The van der Waals surface area contributed by atoms with E-state index in [9.17, 15) is 0 Å². The first kappa shape index (κ1) is 13.0. The molecule has 87 valence electrons. The Hall–Kier alpha value is -1.08. The monoisotopic (exact) mass is 217 g/mol. The molecule has 16 heavy (non-hydrogen) atoms. The van der Waals surface area contributed by atoms with Gasteiger partial charge in [-0.1, -0.05) is 49.4 Å². The summed E-state index contributed by atoms with van der Waals surface area (Å²) in [5, 5.41) is 0. The highest BCUT2D eigenvalue weighted by Crippen LogP contribution is 2.02. The van der Waals surface area contributed by atoms with Gasteiger partial charge in [0.1, 0.15) is 0 Å². The summed E-state index contributed by atoms with van der Waals surface area (Å²) in [6, 6.07) is 10.3. The minimum absolute atomic E-state index is 0.726. The number of hydrogen-bond acceptors (Lipinski definition) is 1. The molecule has 0 aliphatic heterocycles. The van der Waals surface area contributed by atoms with Crippen LogP contribution in [0.2, 0.25) is 0 Å². The van der Waals surface area contributed by atoms with Gasteiger partial charge in [-0.25, -0.2) is 0 Å². The summed E-state index contributed by atoms with van der Waals surface area (Å²) >= 11 is 0. The van der Waals surface area contributed by atoms with Crippen LogP contribution in [-0.4, -0.2) is 6.61 Å². The number of ether oxygens (including phenoxy) is 1. The van der Waals surface area contributed by atoms with Gasteiger partial charge in [0.15, 0.2) is 0 Å². The normalized spacial score (nSPS) is 11.1. The SMILES string of the molecule is [CH2]CCC=CCCCOCc1ccccc1. The van der Waals surface area contributed by atoms with Crippen molar-refractivity contribution in [1.82, 2.24) is 0 Å². The van der Waals surface area contributed by atoms with E-state index in [0.717, 1.165) is 38.9 Å². The zero-order valence-electron chi connectivity index (χ0n) is 9.90. The van der Waals surface area contributed by atoms with Gasteiger partial charge in [-0.15, -0.1) is 0 Å². The molecule has 0 unspecified atom stereocenters. The molecule has 0 saturated carbocycles. The summed E-state index contributed by atoms with van der Waals surface area (Å²) in [6.45, 7) is 5.35. The van der Waals surface area contributed by atoms with Crippen molar-refractivity contribution < 1.29 is 4.74 Å². The van der Waals surface area contributed by atoms with Gasteiger partial charge >= 0.3 is 0 Å². The smallest absolute Gasteiger partial charge is 0.0716 e. The molecule has 0 spiro atoms. The molecule has 0 bridgehead atoms. The number of hydrogen-bond donors (Lipinski definition) is 0. The molecule has 0 saturated heterocycles. The van der Waals surface area contributed by atoms with Crippen LogP contribution in [0, 0.1) is 6.92 Å². The fraction of sp³-hybridized carbons (Fsp3) is 0.400. The third kappa shape index (κ3) is 6.41. The summed E-state index contributed by atoms with van der Waals surface area (Å²) in [6.07, 6.45) is 8.70. The minimum Gasteiger partial charge on any atom is -0.377 e. The second-order valence-corrected chi connectivity index (χ2v) is 3.79. The molecule has 0 heterocycles. The van der Waals surface area contributed by atoms with Crippen LogP contribution in [0.4, 0.5) is 0 Å².